The molecule has 1 aromatic carbocycles. The number of carbonyl (C=O) groups is 2. The number of carbonyl (C=O) groups excluding carboxylic acids is 2. The minimum absolute atomic E-state index is 0.00655. The van der Waals surface area contributed by atoms with Gasteiger partial charge in [0, 0.05) is 39.0 Å². The van der Waals surface area contributed by atoms with Crippen LogP contribution in [0.15, 0.2) is 23.1 Å². The molecule has 0 bridgehead atoms. The van der Waals surface area contributed by atoms with Gasteiger partial charge in [0.2, 0.25) is 21.8 Å². The summed E-state index contributed by atoms with van der Waals surface area (Å²) in [6.07, 6.45) is 2.12. The Hall–Kier alpha value is -2.13. The van der Waals surface area contributed by atoms with Gasteiger partial charge in [0.15, 0.2) is 0 Å². The summed E-state index contributed by atoms with van der Waals surface area (Å²) in [6.45, 7) is 2.87. The van der Waals surface area contributed by atoms with E-state index in [2.05, 4.69) is 10.0 Å². The van der Waals surface area contributed by atoms with Gasteiger partial charge in [-0.1, -0.05) is 0 Å². The normalized spacial score (nSPS) is 14.4. The standard InChI is InChI=1S/C16H23N3O5S/c1-12(20)18-14-6-5-13(11-15(14)24-2)25(22,23)17-8-7-16(21)19-9-3-4-10-19/h5-6,11,17H,3-4,7-10H2,1-2H3,(H,18,20). The van der Waals surface area contributed by atoms with Crippen LogP contribution in [0.1, 0.15) is 26.2 Å². The van der Waals surface area contributed by atoms with E-state index in [1.165, 1.54) is 32.2 Å². The van der Waals surface area contributed by atoms with Crippen LogP contribution in [-0.2, 0) is 19.6 Å². The van der Waals surface area contributed by atoms with Crippen LogP contribution in [0.4, 0.5) is 5.69 Å². The van der Waals surface area contributed by atoms with E-state index in [0.717, 1.165) is 25.9 Å². The average molecular weight is 369 g/mol. The van der Waals surface area contributed by atoms with Crippen molar-refractivity contribution in [3.63, 3.8) is 0 Å². The number of nitrogens with zero attached hydrogens (tertiary/aromatic N) is 1. The minimum Gasteiger partial charge on any atom is -0.495 e. The Bertz CT molecular complexity index is 742. The van der Waals surface area contributed by atoms with Gasteiger partial charge in [-0.25, -0.2) is 13.1 Å². The molecule has 0 radical (unpaired) electrons. The van der Waals surface area contributed by atoms with Crippen molar-refractivity contribution < 1.29 is 22.7 Å². The van der Waals surface area contributed by atoms with Gasteiger partial charge in [0.05, 0.1) is 17.7 Å². The first-order valence-electron chi connectivity index (χ1n) is 8.06. The zero-order valence-electron chi connectivity index (χ0n) is 14.4. The summed E-state index contributed by atoms with van der Waals surface area (Å²) >= 11 is 0. The lowest BCUT2D eigenvalue weighted by atomic mass is 10.3. The molecule has 0 unspecified atom stereocenters. The van der Waals surface area contributed by atoms with Gasteiger partial charge < -0.3 is 15.0 Å². The molecule has 8 nitrogen and oxygen atoms in total. The van der Waals surface area contributed by atoms with Crippen molar-refractivity contribution in [2.45, 2.75) is 31.1 Å². The molecule has 25 heavy (non-hydrogen) atoms. The zero-order chi connectivity index (χ0) is 18.4. The topological polar surface area (TPSA) is 105 Å². The quantitative estimate of drug-likeness (QED) is 0.744. The Morgan fingerprint density at radius 1 is 1.24 bits per heavy atom. The minimum atomic E-state index is -3.77. The first kappa shape index (κ1) is 19.2. The third-order valence-electron chi connectivity index (χ3n) is 3.88. The number of ether oxygens (including phenoxy) is 1. The highest BCUT2D eigenvalue weighted by Crippen LogP contribution is 2.27. The van der Waals surface area contributed by atoms with E-state index in [-0.39, 0.29) is 35.4 Å². The van der Waals surface area contributed by atoms with Crippen molar-refractivity contribution >= 4 is 27.5 Å². The number of sulfonamides is 1. The van der Waals surface area contributed by atoms with Gasteiger partial charge >= 0.3 is 0 Å². The molecule has 0 aromatic heterocycles. The van der Waals surface area contributed by atoms with Crippen molar-refractivity contribution in [2.24, 2.45) is 0 Å². The summed E-state index contributed by atoms with van der Waals surface area (Å²) in [5.41, 5.74) is 0.387. The molecule has 0 spiro atoms. The second-order valence-corrected chi connectivity index (χ2v) is 7.55. The summed E-state index contributed by atoms with van der Waals surface area (Å²) in [5.74, 6) is -0.0857. The number of benzene rings is 1. The van der Waals surface area contributed by atoms with Crippen LogP contribution >= 0.6 is 0 Å². The van der Waals surface area contributed by atoms with Gasteiger partial charge in [0.1, 0.15) is 5.75 Å². The number of rotatable bonds is 7. The third kappa shape index (κ3) is 5.17. The molecule has 1 aromatic rings. The summed E-state index contributed by atoms with van der Waals surface area (Å²) in [5, 5.41) is 2.56. The van der Waals surface area contributed by atoms with Crippen LogP contribution in [0.25, 0.3) is 0 Å². The van der Waals surface area contributed by atoms with Crippen molar-refractivity contribution in [3.8, 4) is 5.75 Å². The predicted octanol–water partition coefficient (Wildman–Crippen LogP) is 0.944. The predicted molar refractivity (Wildman–Crippen MR) is 92.9 cm³/mol. The lowest BCUT2D eigenvalue weighted by Gasteiger charge is -2.15. The van der Waals surface area contributed by atoms with Crippen LogP contribution in [0.5, 0.6) is 5.75 Å². The molecule has 1 aliphatic heterocycles. The largest absolute Gasteiger partial charge is 0.495 e. The van der Waals surface area contributed by atoms with Gasteiger partial charge in [-0.2, -0.15) is 0 Å². The fourth-order valence-electron chi connectivity index (χ4n) is 2.63. The monoisotopic (exact) mass is 369 g/mol. The van der Waals surface area contributed by atoms with E-state index < -0.39 is 10.0 Å². The smallest absolute Gasteiger partial charge is 0.240 e. The molecule has 2 N–H and O–H groups in total. The van der Waals surface area contributed by atoms with E-state index in [9.17, 15) is 18.0 Å². The van der Waals surface area contributed by atoms with Crippen molar-refractivity contribution in [3.05, 3.63) is 18.2 Å². The second kappa shape index (κ2) is 8.30. The average Bonchev–Trinajstić information content (AvgIpc) is 3.08. The maximum Gasteiger partial charge on any atom is 0.240 e. The van der Waals surface area contributed by atoms with Crippen LogP contribution in [0.2, 0.25) is 0 Å². The van der Waals surface area contributed by atoms with Gasteiger partial charge in [-0.05, 0) is 25.0 Å². The molecule has 2 rings (SSSR count). The van der Waals surface area contributed by atoms with Crippen LogP contribution in [0.3, 0.4) is 0 Å². The molecule has 0 aliphatic carbocycles. The Labute approximate surface area is 147 Å². The molecule has 0 atom stereocenters. The summed E-state index contributed by atoms with van der Waals surface area (Å²) in [4.78, 5) is 24.8. The molecule has 0 saturated carbocycles. The van der Waals surface area contributed by atoms with E-state index in [1.807, 2.05) is 0 Å². The lowest BCUT2D eigenvalue weighted by molar-refractivity contribution is -0.129. The highest BCUT2D eigenvalue weighted by molar-refractivity contribution is 7.89. The molecule has 2 amide bonds. The highest BCUT2D eigenvalue weighted by atomic mass is 32.2. The van der Waals surface area contributed by atoms with Gasteiger partial charge in [-0.15, -0.1) is 0 Å². The molecule has 9 heteroatoms. The number of amides is 2. The van der Waals surface area contributed by atoms with Gasteiger partial charge in [-0.3, -0.25) is 9.59 Å². The number of hydrogen-bond acceptors (Lipinski definition) is 5. The summed E-state index contributed by atoms with van der Waals surface area (Å²) in [6, 6.07) is 4.17. The van der Waals surface area contributed by atoms with Crippen LogP contribution in [0, 0.1) is 0 Å². The fourth-order valence-corrected chi connectivity index (χ4v) is 3.68. The zero-order valence-corrected chi connectivity index (χ0v) is 15.2. The molecule has 1 aliphatic rings. The SMILES string of the molecule is COc1cc(S(=O)(=O)NCCC(=O)N2CCCC2)ccc1NC(C)=O. The van der Waals surface area contributed by atoms with Crippen molar-refractivity contribution in [1.82, 2.24) is 9.62 Å². The summed E-state index contributed by atoms with van der Waals surface area (Å²) in [7, 11) is -2.38. The molecular weight excluding hydrogens is 346 g/mol. The molecule has 1 fully saturated rings. The van der Waals surface area contributed by atoms with Crippen molar-refractivity contribution in [2.75, 3.05) is 32.1 Å². The Kier molecular flexibility index (Phi) is 6.38. The van der Waals surface area contributed by atoms with Crippen LogP contribution in [-0.4, -0.2) is 51.9 Å². The van der Waals surface area contributed by atoms with E-state index in [0.29, 0.717) is 5.69 Å². The number of nitrogens with one attached hydrogen (secondary N) is 2. The lowest BCUT2D eigenvalue weighted by Crippen LogP contribution is -2.32. The first-order valence-corrected chi connectivity index (χ1v) is 9.55. The fraction of sp³-hybridized carbons (Fsp3) is 0.500. The first-order chi connectivity index (χ1) is 11.8. The third-order valence-corrected chi connectivity index (χ3v) is 5.34. The maximum atomic E-state index is 12.4. The van der Waals surface area contributed by atoms with Crippen LogP contribution < -0.4 is 14.8 Å². The number of methoxy groups -OCH3 is 1. The highest BCUT2D eigenvalue weighted by Gasteiger charge is 2.20. The molecule has 138 valence electrons. The van der Waals surface area contributed by atoms with E-state index in [1.54, 1.807) is 4.90 Å². The number of anilines is 1. The van der Waals surface area contributed by atoms with Crippen molar-refractivity contribution in [1.29, 1.82) is 0 Å². The maximum absolute atomic E-state index is 12.4. The number of likely N-dealkylation sites (tertiary alicyclic amines) is 1. The Balaban J connectivity index is 2.00. The van der Waals surface area contributed by atoms with Gasteiger partial charge in [0.25, 0.3) is 0 Å². The molecule has 1 saturated heterocycles. The van der Waals surface area contributed by atoms with E-state index in [4.69, 9.17) is 4.74 Å². The Morgan fingerprint density at radius 2 is 1.92 bits per heavy atom. The molecule has 1 heterocycles. The number of hydrogen-bond donors (Lipinski definition) is 2. The Morgan fingerprint density at radius 3 is 2.52 bits per heavy atom. The second-order valence-electron chi connectivity index (χ2n) is 5.78. The van der Waals surface area contributed by atoms with E-state index >= 15 is 0 Å². The molecular formula is C16H23N3O5S. The summed E-state index contributed by atoms with van der Waals surface area (Å²) < 4.78 is 32.3.